The van der Waals surface area contributed by atoms with E-state index in [9.17, 15) is 9.90 Å². The van der Waals surface area contributed by atoms with Gasteiger partial charge in [-0.3, -0.25) is 4.79 Å². The summed E-state index contributed by atoms with van der Waals surface area (Å²) in [6.45, 7) is 6.45. The van der Waals surface area contributed by atoms with Gasteiger partial charge in [0.1, 0.15) is 0 Å². The molecule has 3 heteroatoms. The lowest BCUT2D eigenvalue weighted by Crippen LogP contribution is -2.40. The average Bonchev–Trinajstić information content (AvgIpc) is 2.57. The lowest BCUT2D eigenvalue weighted by molar-refractivity contribution is -0.119. The molecule has 0 saturated heterocycles. The Morgan fingerprint density at radius 1 is 1.09 bits per heavy atom. The number of nitrogens with zero attached hydrogens (tertiary/aromatic N) is 1. The van der Waals surface area contributed by atoms with Gasteiger partial charge in [-0.25, -0.2) is 0 Å². The van der Waals surface area contributed by atoms with E-state index in [1.165, 1.54) is 0 Å². The minimum atomic E-state index is 0.0121. The second kappa shape index (κ2) is 11.2. The van der Waals surface area contributed by atoms with Crippen LogP contribution in [0.25, 0.3) is 0 Å². The Morgan fingerprint density at radius 3 is 2.26 bits per heavy atom. The monoisotopic (exact) mass is 319 g/mol. The first kappa shape index (κ1) is 19.7. The number of anilines is 1. The third-order valence-electron chi connectivity index (χ3n) is 4.25. The number of amides is 1. The van der Waals surface area contributed by atoms with Crippen molar-refractivity contribution >= 4 is 11.6 Å². The largest absolute Gasteiger partial charge is 0.392 e. The van der Waals surface area contributed by atoms with E-state index in [4.69, 9.17) is 0 Å². The molecule has 1 aromatic rings. The van der Waals surface area contributed by atoms with E-state index in [-0.39, 0.29) is 18.6 Å². The molecule has 1 rings (SSSR count). The molecule has 0 aliphatic heterocycles. The van der Waals surface area contributed by atoms with Crippen LogP contribution in [0.15, 0.2) is 24.3 Å². The maximum atomic E-state index is 12.8. The molecule has 0 aliphatic carbocycles. The number of carbonyl (C=O) groups is 1. The van der Waals surface area contributed by atoms with Gasteiger partial charge in [0, 0.05) is 18.2 Å². The molecule has 0 saturated carbocycles. The molecular weight excluding hydrogens is 286 g/mol. The van der Waals surface area contributed by atoms with Crippen molar-refractivity contribution in [3.63, 3.8) is 0 Å². The number of rotatable bonds is 11. The fourth-order valence-electron chi connectivity index (χ4n) is 2.98. The minimum Gasteiger partial charge on any atom is -0.392 e. The summed E-state index contributed by atoms with van der Waals surface area (Å²) in [5.74, 6) is 0.208. The second-order valence-electron chi connectivity index (χ2n) is 6.28. The van der Waals surface area contributed by atoms with Crippen molar-refractivity contribution in [3.8, 4) is 0 Å². The fraction of sp³-hybridized carbons (Fsp3) is 0.650. The van der Waals surface area contributed by atoms with Crippen molar-refractivity contribution in [1.29, 1.82) is 0 Å². The summed E-state index contributed by atoms with van der Waals surface area (Å²) in [6, 6.07) is 8.06. The molecule has 0 aromatic heterocycles. The van der Waals surface area contributed by atoms with Crippen LogP contribution in [0.5, 0.6) is 0 Å². The summed E-state index contributed by atoms with van der Waals surface area (Å²) in [5.41, 5.74) is 1.80. The molecular formula is C20H33NO2. The third-order valence-corrected chi connectivity index (χ3v) is 4.25. The highest BCUT2D eigenvalue weighted by atomic mass is 16.3. The summed E-state index contributed by atoms with van der Waals surface area (Å²) < 4.78 is 0. The van der Waals surface area contributed by atoms with E-state index in [0.717, 1.165) is 56.2 Å². The number of aliphatic hydroxyl groups is 1. The molecule has 3 nitrogen and oxygen atoms in total. The van der Waals surface area contributed by atoms with Crippen LogP contribution in [0.3, 0.4) is 0 Å². The molecule has 23 heavy (non-hydrogen) atoms. The van der Waals surface area contributed by atoms with Gasteiger partial charge in [0.25, 0.3) is 0 Å². The molecule has 0 spiro atoms. The van der Waals surface area contributed by atoms with Gasteiger partial charge in [0.15, 0.2) is 0 Å². The molecule has 0 aliphatic rings. The minimum absolute atomic E-state index is 0.0121. The number of hydrogen-bond donors (Lipinski definition) is 1. The lowest BCUT2D eigenvalue weighted by Gasteiger charge is -2.32. The van der Waals surface area contributed by atoms with E-state index in [0.29, 0.717) is 6.42 Å². The summed E-state index contributed by atoms with van der Waals surface area (Å²) in [7, 11) is 0. The number of aliphatic hydroxyl groups excluding tert-OH is 1. The fourth-order valence-corrected chi connectivity index (χ4v) is 2.98. The van der Waals surface area contributed by atoms with Gasteiger partial charge in [-0.15, -0.1) is 0 Å². The SMILES string of the molecule is CCCCC(CCCC)N(C(=O)CCC)c1cccc(CO)c1. The van der Waals surface area contributed by atoms with Gasteiger partial charge in [-0.2, -0.15) is 0 Å². The zero-order valence-corrected chi connectivity index (χ0v) is 15.1. The Kier molecular flexibility index (Phi) is 9.61. The van der Waals surface area contributed by atoms with Gasteiger partial charge < -0.3 is 10.0 Å². The van der Waals surface area contributed by atoms with Crippen molar-refractivity contribution in [2.75, 3.05) is 4.90 Å². The van der Waals surface area contributed by atoms with Crippen LogP contribution in [0.1, 0.15) is 77.7 Å². The third kappa shape index (κ3) is 6.34. The predicted octanol–water partition coefficient (Wildman–Crippen LogP) is 5.06. The Morgan fingerprint density at radius 2 is 1.74 bits per heavy atom. The number of benzene rings is 1. The topological polar surface area (TPSA) is 40.5 Å². The molecule has 0 bridgehead atoms. The van der Waals surface area contributed by atoms with Gasteiger partial charge >= 0.3 is 0 Å². The molecule has 0 fully saturated rings. The van der Waals surface area contributed by atoms with E-state index >= 15 is 0 Å². The van der Waals surface area contributed by atoms with Gasteiger partial charge in [-0.1, -0.05) is 58.6 Å². The maximum Gasteiger partial charge on any atom is 0.227 e. The first-order chi connectivity index (χ1) is 11.2. The van der Waals surface area contributed by atoms with Gasteiger partial charge in [-0.05, 0) is 37.0 Å². The van der Waals surface area contributed by atoms with Gasteiger partial charge in [0.05, 0.1) is 6.61 Å². The highest BCUT2D eigenvalue weighted by molar-refractivity contribution is 5.94. The molecule has 1 amide bonds. The predicted molar refractivity (Wildman–Crippen MR) is 97.6 cm³/mol. The van der Waals surface area contributed by atoms with Crippen molar-refractivity contribution in [1.82, 2.24) is 0 Å². The van der Waals surface area contributed by atoms with Crippen LogP contribution in [-0.2, 0) is 11.4 Å². The Balaban J connectivity index is 3.10. The maximum absolute atomic E-state index is 12.8. The van der Waals surface area contributed by atoms with E-state index < -0.39 is 0 Å². The smallest absolute Gasteiger partial charge is 0.227 e. The molecule has 0 heterocycles. The first-order valence-electron chi connectivity index (χ1n) is 9.19. The van der Waals surface area contributed by atoms with Crippen LogP contribution >= 0.6 is 0 Å². The van der Waals surface area contributed by atoms with E-state index in [1.807, 2.05) is 36.1 Å². The van der Waals surface area contributed by atoms with Crippen LogP contribution < -0.4 is 4.90 Å². The van der Waals surface area contributed by atoms with E-state index in [1.54, 1.807) is 0 Å². The molecule has 0 atom stereocenters. The van der Waals surface area contributed by atoms with Crippen LogP contribution in [-0.4, -0.2) is 17.1 Å². The van der Waals surface area contributed by atoms with Crippen LogP contribution in [0.2, 0.25) is 0 Å². The number of carbonyl (C=O) groups excluding carboxylic acids is 1. The molecule has 1 aromatic carbocycles. The molecule has 0 radical (unpaired) electrons. The highest BCUT2D eigenvalue weighted by Gasteiger charge is 2.24. The standard InChI is InChI=1S/C20H33NO2/c1-4-7-12-18(13-8-5-2)21(20(23)10-6-3)19-14-9-11-17(15-19)16-22/h9,11,14-15,18,22H,4-8,10,12-13,16H2,1-3H3. The van der Waals surface area contributed by atoms with Crippen molar-refractivity contribution in [2.45, 2.75) is 84.8 Å². The van der Waals surface area contributed by atoms with Crippen molar-refractivity contribution < 1.29 is 9.90 Å². The second-order valence-corrected chi connectivity index (χ2v) is 6.28. The zero-order chi connectivity index (χ0) is 17.1. The normalized spacial score (nSPS) is 11.0. The molecule has 0 unspecified atom stereocenters. The zero-order valence-electron chi connectivity index (χ0n) is 15.1. The van der Waals surface area contributed by atoms with Crippen LogP contribution in [0.4, 0.5) is 5.69 Å². The van der Waals surface area contributed by atoms with E-state index in [2.05, 4.69) is 13.8 Å². The molecule has 1 N–H and O–H groups in total. The Hall–Kier alpha value is -1.35. The number of unbranched alkanes of at least 4 members (excludes halogenated alkanes) is 2. The Labute approximate surface area is 141 Å². The summed E-state index contributed by atoms with van der Waals surface area (Å²) in [6.07, 6.45) is 8.13. The Bertz CT molecular complexity index is 451. The van der Waals surface area contributed by atoms with Gasteiger partial charge in [0.2, 0.25) is 5.91 Å². The summed E-state index contributed by atoms with van der Waals surface area (Å²) in [5, 5.41) is 9.40. The summed E-state index contributed by atoms with van der Waals surface area (Å²) >= 11 is 0. The lowest BCUT2D eigenvalue weighted by atomic mass is 10.00. The van der Waals surface area contributed by atoms with Crippen molar-refractivity contribution in [3.05, 3.63) is 29.8 Å². The van der Waals surface area contributed by atoms with Crippen molar-refractivity contribution in [2.24, 2.45) is 0 Å². The average molecular weight is 319 g/mol. The quantitative estimate of drug-likeness (QED) is 0.619. The highest BCUT2D eigenvalue weighted by Crippen LogP contribution is 2.26. The molecule has 130 valence electrons. The van der Waals surface area contributed by atoms with Crippen LogP contribution in [0, 0.1) is 0 Å². The first-order valence-corrected chi connectivity index (χ1v) is 9.19. The summed E-state index contributed by atoms with van der Waals surface area (Å²) in [4.78, 5) is 14.8. The number of hydrogen-bond acceptors (Lipinski definition) is 2.